The van der Waals surface area contributed by atoms with Crippen molar-refractivity contribution < 1.29 is 29.3 Å². The van der Waals surface area contributed by atoms with E-state index in [4.69, 9.17) is 9.47 Å². The van der Waals surface area contributed by atoms with Crippen molar-refractivity contribution in [2.24, 2.45) is 5.92 Å². The SMILES string of the molecule is CCCCN(CCCC)C(=O)CN1C[C@H](c2ccc3c(c2)OCO3)[C@@H](C(=O)O)[C@@H]1CCCc1ccccc1CO. The monoisotopic (exact) mass is 552 g/mol. The van der Waals surface area contributed by atoms with Gasteiger partial charge in [-0.2, -0.15) is 0 Å². The summed E-state index contributed by atoms with van der Waals surface area (Å²) in [7, 11) is 0. The quantitative estimate of drug-likeness (QED) is 0.327. The molecule has 1 amide bonds. The number of aliphatic hydroxyl groups is 1. The van der Waals surface area contributed by atoms with Crippen molar-refractivity contribution in [3.63, 3.8) is 0 Å². The maximum absolute atomic E-state index is 13.6. The molecule has 1 saturated heterocycles. The lowest BCUT2D eigenvalue weighted by atomic mass is 9.83. The van der Waals surface area contributed by atoms with Crippen molar-refractivity contribution in [3.8, 4) is 11.5 Å². The summed E-state index contributed by atoms with van der Waals surface area (Å²) in [5, 5.41) is 20.2. The van der Waals surface area contributed by atoms with E-state index in [1.54, 1.807) is 0 Å². The van der Waals surface area contributed by atoms with Gasteiger partial charge in [0.05, 0.1) is 19.1 Å². The van der Waals surface area contributed by atoms with E-state index in [-0.39, 0.29) is 37.8 Å². The summed E-state index contributed by atoms with van der Waals surface area (Å²) < 4.78 is 11.1. The van der Waals surface area contributed by atoms with Gasteiger partial charge in [-0.15, -0.1) is 0 Å². The highest BCUT2D eigenvalue weighted by Crippen LogP contribution is 2.43. The number of amides is 1. The van der Waals surface area contributed by atoms with Gasteiger partial charge in [0.25, 0.3) is 0 Å². The van der Waals surface area contributed by atoms with Gasteiger partial charge in [0.1, 0.15) is 0 Å². The lowest BCUT2D eigenvalue weighted by molar-refractivity contribution is -0.143. The number of fused-ring (bicyclic) bond motifs is 1. The molecule has 0 unspecified atom stereocenters. The van der Waals surface area contributed by atoms with Crippen molar-refractivity contribution in [1.29, 1.82) is 0 Å². The maximum Gasteiger partial charge on any atom is 0.308 e. The van der Waals surface area contributed by atoms with E-state index in [0.29, 0.717) is 24.5 Å². The Hall–Kier alpha value is -3.10. The first-order valence-corrected chi connectivity index (χ1v) is 14.8. The zero-order valence-electron chi connectivity index (χ0n) is 23.9. The van der Waals surface area contributed by atoms with Crippen LogP contribution in [0.25, 0.3) is 0 Å². The molecule has 3 atom stereocenters. The van der Waals surface area contributed by atoms with Crippen LogP contribution in [0.2, 0.25) is 0 Å². The zero-order valence-corrected chi connectivity index (χ0v) is 23.9. The Labute approximate surface area is 237 Å². The first kappa shape index (κ1) is 29.9. The van der Waals surface area contributed by atoms with Crippen LogP contribution in [0.1, 0.15) is 75.0 Å². The van der Waals surface area contributed by atoms with Crippen molar-refractivity contribution in [2.45, 2.75) is 77.4 Å². The number of carboxylic acid groups (broad SMARTS) is 1. The molecule has 2 aliphatic heterocycles. The second-order valence-electron chi connectivity index (χ2n) is 11.0. The fraction of sp³-hybridized carbons (Fsp3) is 0.562. The molecule has 218 valence electrons. The van der Waals surface area contributed by atoms with Gasteiger partial charge in [-0.05, 0) is 60.9 Å². The van der Waals surface area contributed by atoms with Gasteiger partial charge < -0.3 is 24.6 Å². The minimum atomic E-state index is -0.841. The average molecular weight is 553 g/mol. The molecule has 8 nitrogen and oxygen atoms in total. The molecule has 0 aromatic heterocycles. The van der Waals surface area contributed by atoms with E-state index in [2.05, 4.69) is 18.7 Å². The van der Waals surface area contributed by atoms with Gasteiger partial charge in [0, 0.05) is 31.6 Å². The van der Waals surface area contributed by atoms with E-state index in [1.807, 2.05) is 47.4 Å². The molecule has 0 aliphatic carbocycles. The largest absolute Gasteiger partial charge is 0.481 e. The van der Waals surface area contributed by atoms with E-state index < -0.39 is 11.9 Å². The van der Waals surface area contributed by atoms with Crippen LogP contribution in [0.15, 0.2) is 42.5 Å². The minimum Gasteiger partial charge on any atom is -0.481 e. The smallest absolute Gasteiger partial charge is 0.308 e. The second-order valence-corrected chi connectivity index (χ2v) is 11.0. The predicted octanol–water partition coefficient (Wildman–Crippen LogP) is 4.83. The van der Waals surface area contributed by atoms with Crippen molar-refractivity contribution >= 4 is 11.9 Å². The van der Waals surface area contributed by atoms with Crippen LogP contribution in [0.5, 0.6) is 11.5 Å². The normalized spacial score (nSPS) is 20.1. The summed E-state index contributed by atoms with van der Waals surface area (Å²) in [5.74, 6) is -0.378. The number of hydrogen-bond donors (Lipinski definition) is 2. The fourth-order valence-electron chi connectivity index (χ4n) is 6.12. The number of carboxylic acids is 1. The topological polar surface area (TPSA) is 99.5 Å². The Morgan fingerprint density at radius 1 is 0.975 bits per heavy atom. The van der Waals surface area contributed by atoms with Crippen LogP contribution in [-0.2, 0) is 22.6 Å². The molecule has 0 spiro atoms. The van der Waals surface area contributed by atoms with Crippen LogP contribution in [0.3, 0.4) is 0 Å². The van der Waals surface area contributed by atoms with Crippen LogP contribution in [0, 0.1) is 5.92 Å². The Kier molecular flexibility index (Phi) is 10.8. The molecule has 0 radical (unpaired) electrons. The van der Waals surface area contributed by atoms with Gasteiger partial charge >= 0.3 is 5.97 Å². The third-order valence-corrected chi connectivity index (χ3v) is 8.35. The summed E-state index contributed by atoms with van der Waals surface area (Å²) in [4.78, 5) is 30.5. The molecule has 2 aromatic rings. The van der Waals surface area contributed by atoms with Crippen molar-refractivity contribution in [1.82, 2.24) is 9.80 Å². The fourth-order valence-corrected chi connectivity index (χ4v) is 6.12. The number of benzene rings is 2. The molecule has 40 heavy (non-hydrogen) atoms. The number of aliphatic hydroxyl groups excluding tert-OH is 1. The second kappa shape index (κ2) is 14.5. The molecule has 0 saturated carbocycles. The molecule has 2 aromatic carbocycles. The first-order valence-electron chi connectivity index (χ1n) is 14.8. The molecular weight excluding hydrogens is 508 g/mol. The highest BCUT2D eigenvalue weighted by Gasteiger charge is 2.47. The number of carbonyl (C=O) groups excluding carboxylic acids is 1. The van der Waals surface area contributed by atoms with E-state index >= 15 is 0 Å². The summed E-state index contributed by atoms with van der Waals surface area (Å²) >= 11 is 0. The predicted molar refractivity (Wildman–Crippen MR) is 153 cm³/mol. The standard InChI is InChI=1S/C32H44N2O6/c1-3-5-16-33(17-6-4-2)30(36)20-34-19-26(24-14-15-28-29(18-24)40-22-39-28)31(32(37)38)27(34)13-9-12-23-10-7-8-11-25(23)21-35/h7-8,10-11,14-15,18,26-27,31,35H,3-6,9,12-13,16-17,19-22H2,1-2H3,(H,37,38)/t26-,27+,31-/m1/s1. The van der Waals surface area contributed by atoms with Crippen LogP contribution >= 0.6 is 0 Å². The molecule has 4 rings (SSSR count). The lowest BCUT2D eigenvalue weighted by Gasteiger charge is -2.30. The third-order valence-electron chi connectivity index (χ3n) is 8.35. The van der Waals surface area contributed by atoms with E-state index in [0.717, 1.165) is 68.3 Å². The zero-order chi connectivity index (χ0) is 28.5. The van der Waals surface area contributed by atoms with Gasteiger partial charge in [-0.3, -0.25) is 14.5 Å². The summed E-state index contributed by atoms with van der Waals surface area (Å²) in [6, 6.07) is 13.2. The number of aliphatic carboxylic acids is 1. The molecular formula is C32H44N2O6. The van der Waals surface area contributed by atoms with Gasteiger partial charge in [-0.25, -0.2) is 0 Å². The molecule has 2 aliphatic rings. The van der Waals surface area contributed by atoms with E-state index in [9.17, 15) is 19.8 Å². The Morgan fingerprint density at radius 2 is 1.68 bits per heavy atom. The Balaban J connectivity index is 1.57. The lowest BCUT2D eigenvalue weighted by Crippen LogP contribution is -2.44. The maximum atomic E-state index is 13.6. The van der Waals surface area contributed by atoms with Crippen molar-refractivity contribution in [3.05, 3.63) is 59.2 Å². The summed E-state index contributed by atoms with van der Waals surface area (Å²) in [6.07, 6.45) is 6.11. The highest BCUT2D eigenvalue weighted by molar-refractivity contribution is 5.79. The first-order chi connectivity index (χ1) is 19.5. The number of aryl methyl sites for hydroxylation is 1. The number of likely N-dealkylation sites (tertiary alicyclic amines) is 1. The van der Waals surface area contributed by atoms with Gasteiger partial charge in [-0.1, -0.05) is 57.0 Å². The Bertz CT molecular complexity index is 1130. The Morgan fingerprint density at radius 3 is 2.35 bits per heavy atom. The van der Waals surface area contributed by atoms with Crippen LogP contribution in [-0.4, -0.2) is 70.9 Å². The number of unbranched alkanes of at least 4 members (excludes halogenated alkanes) is 2. The van der Waals surface area contributed by atoms with Crippen LogP contribution < -0.4 is 9.47 Å². The minimum absolute atomic E-state index is 0.0183. The number of hydrogen-bond acceptors (Lipinski definition) is 6. The van der Waals surface area contributed by atoms with E-state index in [1.165, 1.54) is 0 Å². The molecule has 0 bridgehead atoms. The number of carbonyl (C=O) groups is 2. The highest BCUT2D eigenvalue weighted by atomic mass is 16.7. The number of rotatable bonds is 15. The van der Waals surface area contributed by atoms with Gasteiger partial charge in [0.15, 0.2) is 11.5 Å². The molecule has 2 N–H and O–H groups in total. The van der Waals surface area contributed by atoms with Gasteiger partial charge in [0.2, 0.25) is 12.7 Å². The summed E-state index contributed by atoms with van der Waals surface area (Å²) in [6.45, 7) is 6.58. The van der Waals surface area contributed by atoms with Crippen LogP contribution in [0.4, 0.5) is 0 Å². The van der Waals surface area contributed by atoms with Crippen molar-refractivity contribution in [2.75, 3.05) is 33.0 Å². The average Bonchev–Trinajstić information content (AvgIpc) is 3.57. The molecule has 2 heterocycles. The number of ether oxygens (including phenoxy) is 2. The molecule has 8 heteroatoms. The number of nitrogens with zero attached hydrogens (tertiary/aromatic N) is 2. The molecule has 1 fully saturated rings. The summed E-state index contributed by atoms with van der Waals surface area (Å²) in [5.41, 5.74) is 2.88. The third kappa shape index (κ3) is 7.15.